The summed E-state index contributed by atoms with van der Waals surface area (Å²) in [4.78, 5) is 16.1. The Morgan fingerprint density at radius 3 is 2.58 bits per heavy atom. The van der Waals surface area contributed by atoms with Gasteiger partial charge in [0.1, 0.15) is 38.5 Å². The highest BCUT2D eigenvalue weighted by Crippen LogP contribution is 2.42. The highest BCUT2D eigenvalue weighted by atomic mass is 16.5. The van der Waals surface area contributed by atoms with Gasteiger partial charge in [-0.25, -0.2) is 0 Å². The number of quaternary nitrogens is 2. The summed E-state index contributed by atoms with van der Waals surface area (Å²) < 4.78 is 16.9. The van der Waals surface area contributed by atoms with Crippen LogP contribution in [0.5, 0.6) is 23.0 Å². The second-order valence-electron chi connectivity index (χ2n) is 8.30. The van der Waals surface area contributed by atoms with Crippen molar-refractivity contribution in [1.82, 2.24) is 0 Å². The van der Waals surface area contributed by atoms with Gasteiger partial charge in [0, 0.05) is 5.56 Å². The van der Waals surface area contributed by atoms with E-state index in [4.69, 9.17) is 14.2 Å². The van der Waals surface area contributed by atoms with Crippen molar-refractivity contribution in [2.24, 2.45) is 0 Å². The van der Waals surface area contributed by atoms with Crippen molar-refractivity contribution in [2.75, 3.05) is 47.4 Å². The number of carbonyl (C=O) groups excluding carboxylic acids is 1. The van der Waals surface area contributed by atoms with E-state index in [1.807, 2.05) is 19.1 Å². The molecule has 1 fully saturated rings. The SMILES string of the molecule is COc1cccc(/C=C2\Oc3c(C[NH+]4CC[NH+](C)CC4)c(O)cc(C)c3C2=O)c1OC. The fourth-order valence-electron chi connectivity index (χ4n) is 4.37. The van der Waals surface area contributed by atoms with Gasteiger partial charge in [-0.1, -0.05) is 12.1 Å². The number of likely N-dealkylation sites (N-methyl/N-ethyl adjacent to an activating group) is 1. The zero-order valence-corrected chi connectivity index (χ0v) is 18.5. The Morgan fingerprint density at radius 2 is 1.90 bits per heavy atom. The highest BCUT2D eigenvalue weighted by molar-refractivity contribution is 6.16. The van der Waals surface area contributed by atoms with Gasteiger partial charge in [0.2, 0.25) is 5.78 Å². The molecule has 2 aliphatic rings. The van der Waals surface area contributed by atoms with Gasteiger partial charge in [0.05, 0.1) is 32.4 Å². The molecule has 2 aromatic carbocycles. The van der Waals surface area contributed by atoms with Crippen molar-refractivity contribution in [3.05, 3.63) is 52.3 Å². The normalized spacial score (nSPS) is 21.7. The molecular formula is C24H30N2O5+2. The lowest BCUT2D eigenvalue weighted by Crippen LogP contribution is -3.26. The number of fused-ring (bicyclic) bond motifs is 1. The van der Waals surface area contributed by atoms with Crippen LogP contribution in [0.2, 0.25) is 0 Å². The lowest BCUT2D eigenvalue weighted by Gasteiger charge is -2.27. The van der Waals surface area contributed by atoms with Gasteiger partial charge in [-0.15, -0.1) is 0 Å². The second-order valence-corrected chi connectivity index (χ2v) is 8.30. The maximum atomic E-state index is 13.2. The minimum absolute atomic E-state index is 0.183. The number of benzene rings is 2. The predicted molar refractivity (Wildman–Crippen MR) is 116 cm³/mol. The van der Waals surface area contributed by atoms with E-state index in [2.05, 4.69) is 7.05 Å². The van der Waals surface area contributed by atoms with E-state index in [1.165, 1.54) is 9.80 Å². The number of allylic oxidation sites excluding steroid dienone is 1. The zero-order valence-electron chi connectivity index (χ0n) is 18.5. The summed E-state index contributed by atoms with van der Waals surface area (Å²) in [5.41, 5.74) is 2.62. The second kappa shape index (κ2) is 8.61. The fourth-order valence-corrected chi connectivity index (χ4v) is 4.37. The molecule has 31 heavy (non-hydrogen) atoms. The topological polar surface area (TPSA) is 73.9 Å². The Hall–Kier alpha value is -3.03. The number of hydrogen-bond donors (Lipinski definition) is 3. The molecule has 2 aliphatic heterocycles. The predicted octanol–water partition coefficient (Wildman–Crippen LogP) is 0.247. The van der Waals surface area contributed by atoms with E-state index >= 15 is 0 Å². The van der Waals surface area contributed by atoms with Crippen LogP contribution in [0.25, 0.3) is 6.08 Å². The summed E-state index contributed by atoms with van der Waals surface area (Å²) in [5, 5.41) is 10.7. The maximum Gasteiger partial charge on any atom is 0.232 e. The average molecular weight is 427 g/mol. The average Bonchev–Trinajstić information content (AvgIpc) is 3.08. The largest absolute Gasteiger partial charge is 0.507 e. The molecule has 2 aromatic rings. The molecule has 2 heterocycles. The van der Waals surface area contributed by atoms with Gasteiger partial charge in [-0.05, 0) is 30.7 Å². The summed E-state index contributed by atoms with van der Waals surface area (Å²) in [6.45, 7) is 6.67. The van der Waals surface area contributed by atoms with Crippen LogP contribution in [0, 0.1) is 6.92 Å². The number of phenols is 1. The van der Waals surface area contributed by atoms with Crippen LogP contribution in [-0.4, -0.2) is 58.3 Å². The van der Waals surface area contributed by atoms with Crippen molar-refractivity contribution in [2.45, 2.75) is 13.5 Å². The number of rotatable bonds is 5. The number of ether oxygens (including phenoxy) is 3. The summed E-state index contributed by atoms with van der Waals surface area (Å²) >= 11 is 0. The van der Waals surface area contributed by atoms with Gasteiger partial charge in [0.15, 0.2) is 23.0 Å². The van der Waals surface area contributed by atoms with Crippen molar-refractivity contribution in [3.8, 4) is 23.0 Å². The first-order chi connectivity index (χ1) is 14.9. The fraction of sp³-hybridized carbons (Fsp3) is 0.375. The summed E-state index contributed by atoms with van der Waals surface area (Å²) in [6, 6.07) is 7.15. The lowest BCUT2D eigenvalue weighted by atomic mass is 9.99. The van der Waals surface area contributed by atoms with Crippen LogP contribution in [0.3, 0.4) is 0 Å². The maximum absolute atomic E-state index is 13.2. The van der Waals surface area contributed by atoms with Gasteiger partial charge in [0.25, 0.3) is 0 Å². The molecule has 0 unspecified atom stereocenters. The molecule has 7 heteroatoms. The molecule has 0 saturated carbocycles. The van der Waals surface area contributed by atoms with Crippen molar-refractivity contribution >= 4 is 11.9 Å². The summed E-state index contributed by atoms with van der Waals surface area (Å²) in [5.74, 6) is 1.81. The Balaban J connectivity index is 1.70. The monoisotopic (exact) mass is 426 g/mol. The van der Waals surface area contributed by atoms with Crippen LogP contribution in [0.15, 0.2) is 30.0 Å². The number of Topliss-reactive ketones (excluding diaryl/α,β-unsaturated/α-hetero) is 1. The van der Waals surface area contributed by atoms with E-state index in [0.29, 0.717) is 46.0 Å². The third-order valence-corrected chi connectivity index (χ3v) is 6.18. The standard InChI is InChI=1S/C24H28N2O5/c1-15-12-18(27)17(14-26-10-8-25(2)9-11-26)24-21(15)22(28)20(31-24)13-16-6-5-7-19(29-3)23(16)30-4/h5-7,12-13,27H,8-11,14H2,1-4H3/p+2/b20-13-. The van der Waals surface area contributed by atoms with Crippen LogP contribution in [0.1, 0.15) is 27.0 Å². The molecule has 1 saturated heterocycles. The van der Waals surface area contributed by atoms with Gasteiger partial charge in [-0.3, -0.25) is 4.79 Å². The molecular weight excluding hydrogens is 396 g/mol. The zero-order chi connectivity index (χ0) is 22.1. The van der Waals surface area contributed by atoms with Crippen LogP contribution >= 0.6 is 0 Å². The highest BCUT2D eigenvalue weighted by Gasteiger charge is 2.35. The van der Waals surface area contributed by atoms with E-state index in [1.54, 1.807) is 32.4 Å². The number of ketones is 1. The van der Waals surface area contributed by atoms with Crippen LogP contribution < -0.4 is 24.0 Å². The van der Waals surface area contributed by atoms with Crippen molar-refractivity contribution < 1.29 is 33.9 Å². The van der Waals surface area contributed by atoms with Crippen molar-refractivity contribution in [1.29, 1.82) is 0 Å². The number of aryl methyl sites for hydroxylation is 1. The number of phenolic OH excluding ortho intramolecular Hbond substituents is 1. The summed E-state index contributed by atoms with van der Waals surface area (Å²) in [6.07, 6.45) is 1.68. The molecule has 0 amide bonds. The van der Waals surface area contributed by atoms with Gasteiger partial charge >= 0.3 is 0 Å². The van der Waals surface area contributed by atoms with E-state index in [9.17, 15) is 9.90 Å². The molecule has 0 bridgehead atoms. The third-order valence-electron chi connectivity index (χ3n) is 6.18. The minimum atomic E-state index is -0.184. The molecule has 3 N–H and O–H groups in total. The third kappa shape index (κ3) is 3.98. The smallest absolute Gasteiger partial charge is 0.232 e. The number of hydrogen-bond acceptors (Lipinski definition) is 5. The first kappa shape index (κ1) is 21.2. The van der Waals surface area contributed by atoms with Gasteiger partial charge in [-0.2, -0.15) is 0 Å². The molecule has 0 spiro atoms. The Morgan fingerprint density at radius 1 is 1.16 bits per heavy atom. The number of nitrogens with one attached hydrogen (secondary N) is 2. The number of carbonyl (C=O) groups is 1. The van der Waals surface area contributed by atoms with Gasteiger partial charge < -0.3 is 29.1 Å². The minimum Gasteiger partial charge on any atom is -0.507 e. The molecule has 0 atom stereocenters. The Kier molecular flexibility index (Phi) is 5.89. The number of aromatic hydroxyl groups is 1. The lowest BCUT2D eigenvalue weighted by molar-refractivity contribution is -1.01. The van der Waals surface area contributed by atoms with Crippen LogP contribution in [0.4, 0.5) is 0 Å². The first-order valence-electron chi connectivity index (χ1n) is 10.6. The van der Waals surface area contributed by atoms with Crippen molar-refractivity contribution in [3.63, 3.8) is 0 Å². The Labute approximate surface area is 182 Å². The first-order valence-corrected chi connectivity index (χ1v) is 10.6. The number of methoxy groups -OCH3 is 2. The number of piperazine rings is 1. The van der Waals surface area contributed by atoms with E-state index in [-0.39, 0.29) is 17.3 Å². The van der Waals surface area contributed by atoms with Crippen LogP contribution in [-0.2, 0) is 6.54 Å². The molecule has 0 radical (unpaired) electrons. The van der Waals surface area contributed by atoms with E-state index < -0.39 is 0 Å². The molecule has 164 valence electrons. The molecule has 4 rings (SSSR count). The molecule has 0 aromatic heterocycles. The Bertz CT molecular complexity index is 1040. The molecule has 7 nitrogen and oxygen atoms in total. The molecule has 0 aliphatic carbocycles. The number of para-hydroxylation sites is 1. The van der Waals surface area contributed by atoms with E-state index in [0.717, 1.165) is 26.2 Å². The quantitative estimate of drug-likeness (QED) is 0.598. The summed E-state index contributed by atoms with van der Waals surface area (Å²) in [7, 11) is 5.33.